The summed E-state index contributed by atoms with van der Waals surface area (Å²) in [6.07, 6.45) is 0. The van der Waals surface area contributed by atoms with Crippen LogP contribution in [0.15, 0.2) is 36.4 Å². The summed E-state index contributed by atoms with van der Waals surface area (Å²) in [6.45, 7) is 6.72. The molecule has 0 heterocycles. The van der Waals surface area contributed by atoms with Gasteiger partial charge in [-0.15, -0.1) is 0 Å². The van der Waals surface area contributed by atoms with Crippen LogP contribution >= 0.6 is 0 Å². The summed E-state index contributed by atoms with van der Waals surface area (Å²) >= 11 is 0. The van der Waals surface area contributed by atoms with Crippen LogP contribution in [0.25, 0.3) is 10.8 Å². The standard InChI is InChI=1S/C12H13N.C2H6/c1-9-6-10-4-2-3-5-12(10)11(7-9)8-13;1-2/h2-7H,8,13H2,1H3;1-2H3. The van der Waals surface area contributed by atoms with Gasteiger partial charge < -0.3 is 5.73 Å². The summed E-state index contributed by atoms with van der Waals surface area (Å²) in [4.78, 5) is 0. The summed E-state index contributed by atoms with van der Waals surface area (Å²) in [5.74, 6) is 0. The molecule has 0 bridgehead atoms. The van der Waals surface area contributed by atoms with Gasteiger partial charge >= 0.3 is 0 Å². The number of rotatable bonds is 1. The highest BCUT2D eigenvalue weighted by Crippen LogP contribution is 2.20. The van der Waals surface area contributed by atoms with Gasteiger partial charge in [0.15, 0.2) is 0 Å². The topological polar surface area (TPSA) is 26.0 Å². The van der Waals surface area contributed by atoms with Gasteiger partial charge in [0.2, 0.25) is 0 Å². The van der Waals surface area contributed by atoms with Crippen LogP contribution in [-0.2, 0) is 6.54 Å². The van der Waals surface area contributed by atoms with E-state index in [1.807, 2.05) is 13.8 Å². The van der Waals surface area contributed by atoms with Crippen LogP contribution in [0.3, 0.4) is 0 Å². The third kappa shape index (κ3) is 2.57. The lowest BCUT2D eigenvalue weighted by Crippen LogP contribution is -1.97. The summed E-state index contributed by atoms with van der Waals surface area (Å²) in [5.41, 5.74) is 8.19. The third-order valence-electron chi connectivity index (χ3n) is 2.31. The molecule has 80 valence electrons. The first-order valence-electron chi connectivity index (χ1n) is 5.49. The molecule has 0 aliphatic rings. The molecule has 2 rings (SSSR count). The maximum atomic E-state index is 5.68. The van der Waals surface area contributed by atoms with Crippen molar-refractivity contribution >= 4 is 10.8 Å². The third-order valence-corrected chi connectivity index (χ3v) is 2.31. The first-order valence-corrected chi connectivity index (χ1v) is 5.49. The number of hydrogen-bond donors (Lipinski definition) is 1. The lowest BCUT2D eigenvalue weighted by Gasteiger charge is -2.05. The zero-order valence-corrected chi connectivity index (χ0v) is 9.75. The summed E-state index contributed by atoms with van der Waals surface area (Å²) < 4.78 is 0. The highest BCUT2D eigenvalue weighted by molar-refractivity contribution is 5.86. The fourth-order valence-corrected chi connectivity index (χ4v) is 1.72. The van der Waals surface area contributed by atoms with E-state index in [-0.39, 0.29) is 0 Å². The fraction of sp³-hybridized carbons (Fsp3) is 0.286. The van der Waals surface area contributed by atoms with E-state index in [1.165, 1.54) is 21.9 Å². The molecule has 2 aromatic carbocycles. The van der Waals surface area contributed by atoms with Gasteiger partial charge in [0, 0.05) is 6.54 Å². The lowest BCUT2D eigenvalue weighted by molar-refractivity contribution is 1.08. The molecule has 0 fully saturated rings. The van der Waals surface area contributed by atoms with Crippen molar-refractivity contribution in [3.8, 4) is 0 Å². The van der Waals surface area contributed by atoms with Crippen molar-refractivity contribution in [2.24, 2.45) is 5.73 Å². The molecule has 0 spiro atoms. The van der Waals surface area contributed by atoms with Gasteiger partial charge in [-0.05, 0) is 23.3 Å². The minimum Gasteiger partial charge on any atom is -0.326 e. The molecule has 2 N–H and O–H groups in total. The molecule has 15 heavy (non-hydrogen) atoms. The maximum absolute atomic E-state index is 5.68. The Morgan fingerprint density at radius 2 is 1.73 bits per heavy atom. The predicted molar refractivity (Wildman–Crippen MR) is 67.9 cm³/mol. The summed E-state index contributed by atoms with van der Waals surface area (Å²) in [5, 5.41) is 2.55. The number of benzene rings is 2. The minimum atomic E-state index is 0.613. The minimum absolute atomic E-state index is 0.613. The number of aryl methyl sites for hydroxylation is 1. The Morgan fingerprint density at radius 3 is 2.40 bits per heavy atom. The molecule has 0 radical (unpaired) electrons. The van der Waals surface area contributed by atoms with Crippen LogP contribution in [-0.4, -0.2) is 0 Å². The summed E-state index contributed by atoms with van der Waals surface area (Å²) in [7, 11) is 0. The number of nitrogens with two attached hydrogens (primary N) is 1. The van der Waals surface area contributed by atoms with Crippen molar-refractivity contribution in [3.05, 3.63) is 47.5 Å². The second-order valence-corrected chi connectivity index (χ2v) is 3.35. The van der Waals surface area contributed by atoms with Crippen LogP contribution in [0.1, 0.15) is 25.0 Å². The largest absolute Gasteiger partial charge is 0.326 e. The molecule has 0 unspecified atom stereocenters. The van der Waals surface area contributed by atoms with E-state index in [2.05, 4.69) is 43.3 Å². The first-order chi connectivity index (χ1) is 7.31. The average molecular weight is 201 g/mol. The molecule has 0 atom stereocenters. The molecule has 0 amide bonds. The van der Waals surface area contributed by atoms with Crippen molar-refractivity contribution in [2.75, 3.05) is 0 Å². The highest BCUT2D eigenvalue weighted by Gasteiger charge is 1.99. The number of hydrogen-bond acceptors (Lipinski definition) is 1. The Balaban J connectivity index is 0.000000531. The predicted octanol–water partition coefficient (Wildman–Crippen LogP) is 3.63. The maximum Gasteiger partial charge on any atom is 0.0184 e. The van der Waals surface area contributed by atoms with Gasteiger partial charge in [0.05, 0.1) is 0 Å². The Bertz CT molecular complexity index is 432. The molecule has 0 aromatic heterocycles. The zero-order valence-electron chi connectivity index (χ0n) is 9.75. The van der Waals surface area contributed by atoms with Gasteiger partial charge in [-0.1, -0.05) is 55.8 Å². The van der Waals surface area contributed by atoms with Crippen molar-refractivity contribution in [2.45, 2.75) is 27.3 Å². The van der Waals surface area contributed by atoms with Gasteiger partial charge in [-0.3, -0.25) is 0 Å². The normalized spacial score (nSPS) is 9.60. The van der Waals surface area contributed by atoms with Crippen molar-refractivity contribution < 1.29 is 0 Å². The SMILES string of the molecule is CC.Cc1cc(CN)c2ccccc2c1. The second-order valence-electron chi connectivity index (χ2n) is 3.35. The first kappa shape index (κ1) is 11.7. The molecule has 1 nitrogen and oxygen atoms in total. The van der Waals surface area contributed by atoms with Crippen LogP contribution < -0.4 is 5.73 Å². The Morgan fingerprint density at radius 1 is 1.07 bits per heavy atom. The molecule has 0 saturated carbocycles. The van der Waals surface area contributed by atoms with E-state index in [0.29, 0.717) is 6.54 Å². The van der Waals surface area contributed by atoms with Crippen LogP contribution in [0, 0.1) is 6.92 Å². The molecule has 2 aromatic rings. The molecule has 0 aliphatic carbocycles. The monoisotopic (exact) mass is 201 g/mol. The van der Waals surface area contributed by atoms with Crippen molar-refractivity contribution in [1.82, 2.24) is 0 Å². The lowest BCUT2D eigenvalue weighted by atomic mass is 10.0. The summed E-state index contributed by atoms with van der Waals surface area (Å²) in [6, 6.07) is 12.7. The Kier molecular flexibility index (Phi) is 4.32. The average Bonchev–Trinajstić information content (AvgIpc) is 2.30. The van der Waals surface area contributed by atoms with E-state index in [1.54, 1.807) is 0 Å². The Labute approximate surface area is 91.9 Å². The molecule has 1 heteroatoms. The second kappa shape index (κ2) is 5.52. The van der Waals surface area contributed by atoms with Crippen LogP contribution in [0.2, 0.25) is 0 Å². The van der Waals surface area contributed by atoms with Gasteiger partial charge in [0.25, 0.3) is 0 Å². The van der Waals surface area contributed by atoms with E-state index >= 15 is 0 Å². The van der Waals surface area contributed by atoms with Crippen LogP contribution in [0.4, 0.5) is 0 Å². The zero-order chi connectivity index (χ0) is 11.3. The Hall–Kier alpha value is -1.34. The fourth-order valence-electron chi connectivity index (χ4n) is 1.72. The quantitative estimate of drug-likeness (QED) is 0.749. The van der Waals surface area contributed by atoms with Gasteiger partial charge in [-0.2, -0.15) is 0 Å². The van der Waals surface area contributed by atoms with E-state index < -0.39 is 0 Å². The van der Waals surface area contributed by atoms with Crippen LogP contribution in [0.5, 0.6) is 0 Å². The molecule has 0 saturated heterocycles. The molecule has 0 aliphatic heterocycles. The van der Waals surface area contributed by atoms with Gasteiger partial charge in [0.1, 0.15) is 0 Å². The smallest absolute Gasteiger partial charge is 0.0184 e. The van der Waals surface area contributed by atoms with Gasteiger partial charge in [-0.25, -0.2) is 0 Å². The van der Waals surface area contributed by atoms with E-state index in [0.717, 1.165) is 0 Å². The molecular weight excluding hydrogens is 182 g/mol. The van der Waals surface area contributed by atoms with E-state index in [9.17, 15) is 0 Å². The number of fused-ring (bicyclic) bond motifs is 1. The van der Waals surface area contributed by atoms with Crippen molar-refractivity contribution in [1.29, 1.82) is 0 Å². The van der Waals surface area contributed by atoms with E-state index in [4.69, 9.17) is 5.73 Å². The van der Waals surface area contributed by atoms with Crippen molar-refractivity contribution in [3.63, 3.8) is 0 Å². The molecular formula is C14H19N. The highest BCUT2D eigenvalue weighted by atomic mass is 14.5.